The van der Waals surface area contributed by atoms with Crippen LogP contribution in [0.15, 0.2) is 6.07 Å². The summed E-state index contributed by atoms with van der Waals surface area (Å²) in [5, 5.41) is 10.0. The Kier molecular flexibility index (Phi) is 4.26. The molecular formula is C15H24N4O2. The molecule has 0 radical (unpaired) electrons. The van der Waals surface area contributed by atoms with Crippen molar-refractivity contribution < 1.29 is 9.53 Å². The highest BCUT2D eigenvalue weighted by molar-refractivity contribution is 5.92. The van der Waals surface area contributed by atoms with Crippen molar-refractivity contribution in [2.24, 2.45) is 0 Å². The van der Waals surface area contributed by atoms with Crippen molar-refractivity contribution in [3.05, 3.63) is 17.5 Å². The molecule has 0 unspecified atom stereocenters. The number of nitrogens with zero attached hydrogens (tertiary/aromatic N) is 2. The Morgan fingerprint density at radius 1 is 1.43 bits per heavy atom. The van der Waals surface area contributed by atoms with Crippen LogP contribution in [-0.2, 0) is 4.74 Å². The van der Waals surface area contributed by atoms with Gasteiger partial charge in [0.2, 0.25) is 0 Å². The molecule has 6 nitrogen and oxygen atoms in total. The predicted molar refractivity (Wildman–Crippen MR) is 79.3 cm³/mol. The van der Waals surface area contributed by atoms with E-state index in [1.165, 1.54) is 12.8 Å². The molecule has 1 aliphatic carbocycles. The van der Waals surface area contributed by atoms with Crippen LogP contribution in [0.5, 0.6) is 0 Å². The van der Waals surface area contributed by atoms with Gasteiger partial charge in [-0.05, 0) is 32.8 Å². The molecule has 3 rings (SSSR count). The molecular weight excluding hydrogens is 268 g/mol. The van der Waals surface area contributed by atoms with Gasteiger partial charge in [0.25, 0.3) is 5.91 Å². The maximum atomic E-state index is 12.0. The molecule has 1 aromatic heterocycles. The number of hydrogen-bond acceptors (Lipinski definition) is 4. The number of nitrogens with one attached hydrogen (secondary N) is 2. The third kappa shape index (κ3) is 3.83. The van der Waals surface area contributed by atoms with Crippen LogP contribution in [0.1, 0.15) is 48.8 Å². The van der Waals surface area contributed by atoms with Gasteiger partial charge in [0, 0.05) is 37.8 Å². The first-order valence-corrected chi connectivity index (χ1v) is 7.83. The number of rotatable bonds is 5. The zero-order valence-electron chi connectivity index (χ0n) is 12.8. The van der Waals surface area contributed by atoms with Crippen LogP contribution < -0.4 is 5.32 Å². The third-order valence-electron chi connectivity index (χ3n) is 4.06. The van der Waals surface area contributed by atoms with Gasteiger partial charge in [-0.1, -0.05) is 0 Å². The molecule has 2 fully saturated rings. The molecule has 2 heterocycles. The average Bonchev–Trinajstić information content (AvgIpc) is 3.15. The Bertz CT molecular complexity index is 488. The number of hydrogen-bond donors (Lipinski definition) is 2. The predicted octanol–water partition coefficient (Wildman–Crippen LogP) is 1.13. The number of carbonyl (C=O) groups is 1. The summed E-state index contributed by atoms with van der Waals surface area (Å²) in [7, 11) is 0. The first kappa shape index (κ1) is 14.5. The lowest BCUT2D eigenvalue weighted by atomic mass is 10.2. The van der Waals surface area contributed by atoms with E-state index in [-0.39, 0.29) is 18.1 Å². The number of aromatic nitrogens is 2. The number of ether oxygens (including phenoxy) is 1. The number of morpholine rings is 1. The average molecular weight is 292 g/mol. The van der Waals surface area contributed by atoms with Crippen LogP contribution in [0.25, 0.3) is 0 Å². The minimum Gasteiger partial charge on any atom is -0.373 e. The number of H-pyrrole nitrogens is 1. The molecule has 1 amide bonds. The van der Waals surface area contributed by atoms with Crippen LogP contribution in [0.2, 0.25) is 0 Å². The van der Waals surface area contributed by atoms with Crippen LogP contribution in [0, 0.1) is 0 Å². The summed E-state index contributed by atoms with van der Waals surface area (Å²) in [6.45, 7) is 7.52. The quantitative estimate of drug-likeness (QED) is 0.853. The summed E-state index contributed by atoms with van der Waals surface area (Å²) >= 11 is 0. The topological polar surface area (TPSA) is 70.2 Å². The summed E-state index contributed by atoms with van der Waals surface area (Å²) in [5.41, 5.74) is 1.59. The largest absolute Gasteiger partial charge is 0.373 e. The van der Waals surface area contributed by atoms with E-state index in [0.717, 1.165) is 25.3 Å². The van der Waals surface area contributed by atoms with Crippen molar-refractivity contribution in [1.29, 1.82) is 0 Å². The molecule has 2 aliphatic rings. The van der Waals surface area contributed by atoms with Gasteiger partial charge >= 0.3 is 0 Å². The molecule has 6 heteroatoms. The first-order valence-electron chi connectivity index (χ1n) is 7.83. The second-order valence-corrected chi connectivity index (χ2v) is 6.26. The number of carbonyl (C=O) groups excluding carboxylic acids is 1. The molecule has 1 aliphatic heterocycles. The normalized spacial score (nSPS) is 26.8. The van der Waals surface area contributed by atoms with Crippen LogP contribution >= 0.6 is 0 Å². The second-order valence-electron chi connectivity index (χ2n) is 6.26. The Morgan fingerprint density at radius 2 is 2.14 bits per heavy atom. The van der Waals surface area contributed by atoms with Gasteiger partial charge in [-0.3, -0.25) is 14.8 Å². The fourth-order valence-electron chi connectivity index (χ4n) is 2.94. The van der Waals surface area contributed by atoms with Gasteiger partial charge in [0.1, 0.15) is 5.69 Å². The summed E-state index contributed by atoms with van der Waals surface area (Å²) in [6.07, 6.45) is 2.93. The second kappa shape index (κ2) is 6.15. The highest BCUT2D eigenvalue weighted by atomic mass is 16.5. The van der Waals surface area contributed by atoms with E-state index < -0.39 is 0 Å². The Morgan fingerprint density at radius 3 is 2.81 bits per heavy atom. The van der Waals surface area contributed by atoms with E-state index in [2.05, 4.69) is 34.3 Å². The molecule has 21 heavy (non-hydrogen) atoms. The maximum absolute atomic E-state index is 12.0. The highest BCUT2D eigenvalue weighted by Gasteiger charge is 2.26. The maximum Gasteiger partial charge on any atom is 0.271 e. The molecule has 1 saturated carbocycles. The van der Waals surface area contributed by atoms with Crippen molar-refractivity contribution >= 4 is 5.91 Å². The summed E-state index contributed by atoms with van der Waals surface area (Å²) in [5.74, 6) is 0.503. The SMILES string of the molecule is C[C@@H]1CN(CCNC(=O)c2cc(C3CC3)[nH]n2)C[C@@H](C)O1. The first-order chi connectivity index (χ1) is 10.1. The monoisotopic (exact) mass is 292 g/mol. The zero-order valence-corrected chi connectivity index (χ0v) is 12.8. The smallest absolute Gasteiger partial charge is 0.271 e. The molecule has 0 spiro atoms. The summed E-state index contributed by atoms with van der Waals surface area (Å²) < 4.78 is 5.70. The fraction of sp³-hybridized carbons (Fsp3) is 0.733. The van der Waals surface area contributed by atoms with Crippen molar-refractivity contribution in [3.8, 4) is 0 Å². The summed E-state index contributed by atoms with van der Waals surface area (Å²) in [6, 6.07) is 1.88. The highest BCUT2D eigenvalue weighted by Crippen LogP contribution is 2.38. The Hall–Kier alpha value is -1.40. The molecule has 0 bridgehead atoms. The van der Waals surface area contributed by atoms with Gasteiger partial charge in [-0.25, -0.2) is 0 Å². The van der Waals surface area contributed by atoms with Gasteiger partial charge in [0.15, 0.2) is 0 Å². The van der Waals surface area contributed by atoms with Crippen molar-refractivity contribution in [1.82, 2.24) is 20.4 Å². The lowest BCUT2D eigenvalue weighted by molar-refractivity contribution is -0.0672. The third-order valence-corrected chi connectivity index (χ3v) is 4.06. The lowest BCUT2D eigenvalue weighted by Crippen LogP contribution is -2.47. The number of aromatic amines is 1. The van der Waals surface area contributed by atoms with Crippen molar-refractivity contribution in [2.45, 2.75) is 44.8 Å². The van der Waals surface area contributed by atoms with E-state index in [0.29, 0.717) is 18.2 Å². The van der Waals surface area contributed by atoms with Crippen LogP contribution in [0.4, 0.5) is 0 Å². The standard InChI is InChI=1S/C15H24N4O2/c1-10-8-19(9-11(2)21-10)6-5-16-15(20)14-7-13(17-18-14)12-3-4-12/h7,10-12H,3-6,8-9H2,1-2H3,(H,16,20)(H,17,18)/t10-,11-/m1/s1. The van der Waals surface area contributed by atoms with Crippen molar-refractivity contribution in [3.63, 3.8) is 0 Å². The van der Waals surface area contributed by atoms with Gasteiger partial charge < -0.3 is 10.1 Å². The Balaban J connectivity index is 1.42. The van der Waals surface area contributed by atoms with Gasteiger partial charge in [0.05, 0.1) is 12.2 Å². The molecule has 116 valence electrons. The zero-order chi connectivity index (χ0) is 14.8. The van der Waals surface area contributed by atoms with E-state index in [1.54, 1.807) is 0 Å². The molecule has 2 atom stereocenters. The van der Waals surface area contributed by atoms with E-state index in [1.807, 2.05) is 6.07 Å². The van der Waals surface area contributed by atoms with Gasteiger partial charge in [-0.15, -0.1) is 0 Å². The molecule has 1 saturated heterocycles. The van der Waals surface area contributed by atoms with E-state index in [9.17, 15) is 4.79 Å². The lowest BCUT2D eigenvalue weighted by Gasteiger charge is -2.35. The summed E-state index contributed by atoms with van der Waals surface area (Å²) in [4.78, 5) is 14.4. The van der Waals surface area contributed by atoms with Gasteiger partial charge in [-0.2, -0.15) is 5.10 Å². The molecule has 0 aromatic carbocycles. The minimum absolute atomic E-state index is 0.0903. The van der Waals surface area contributed by atoms with Crippen molar-refractivity contribution in [2.75, 3.05) is 26.2 Å². The van der Waals surface area contributed by atoms with E-state index in [4.69, 9.17) is 4.74 Å². The Labute approximate surface area is 125 Å². The van der Waals surface area contributed by atoms with Crippen LogP contribution in [-0.4, -0.2) is 59.4 Å². The minimum atomic E-state index is -0.0903. The number of amides is 1. The molecule has 1 aromatic rings. The van der Waals surface area contributed by atoms with E-state index >= 15 is 0 Å². The fourth-order valence-corrected chi connectivity index (χ4v) is 2.94. The van der Waals surface area contributed by atoms with Crippen LogP contribution in [0.3, 0.4) is 0 Å². The molecule has 2 N–H and O–H groups in total.